The number of carbonyl (C=O) groups excluding carboxylic acids is 2. The molecule has 0 radical (unpaired) electrons. The fourth-order valence-electron chi connectivity index (χ4n) is 5.55. The van der Waals surface area contributed by atoms with Crippen LogP contribution in [0.25, 0.3) is 0 Å². The van der Waals surface area contributed by atoms with Crippen molar-refractivity contribution in [2.24, 2.45) is 0 Å². The lowest BCUT2D eigenvalue weighted by molar-refractivity contribution is -0.340. The number of hydrogen-bond donors (Lipinski definition) is 6. The summed E-state index contributed by atoms with van der Waals surface area (Å²) in [6.45, 7) is 3.14. The Bertz CT molecular complexity index is 1320. The number of carboxylic acids is 1. The maximum Gasteiger partial charge on any atom is 0.332 e. The Morgan fingerprint density at radius 2 is 1.35 bits per heavy atom. The van der Waals surface area contributed by atoms with Gasteiger partial charge in [0.05, 0.1) is 26.4 Å². The van der Waals surface area contributed by atoms with Crippen LogP contribution in [0.1, 0.15) is 31.9 Å². The largest absolute Gasteiger partial charge is 0.479 e. The second-order valence-electron chi connectivity index (χ2n) is 11.7. The average molecular weight is 677 g/mol. The highest BCUT2D eigenvalue weighted by atomic mass is 16.7. The number of carboxylic acid groups (broad SMARTS) is 1. The number of aliphatic hydroxyl groups excluding tert-OH is 3. The summed E-state index contributed by atoms with van der Waals surface area (Å²) in [6, 6.07) is 16.0. The number of rotatable bonds is 15. The monoisotopic (exact) mass is 676 g/mol. The van der Waals surface area contributed by atoms with Gasteiger partial charge in [0.25, 0.3) is 0 Å². The first-order valence-electron chi connectivity index (χ1n) is 15.6. The summed E-state index contributed by atoms with van der Waals surface area (Å²) in [5.41, 5.74) is 1.65. The normalized spacial score (nSPS) is 31.0. The summed E-state index contributed by atoms with van der Waals surface area (Å²) >= 11 is 0. The second-order valence-corrected chi connectivity index (χ2v) is 11.7. The highest BCUT2D eigenvalue weighted by molar-refractivity contribution is 5.74. The standard InChI is InChI=1S/C33H44N2O13/c1-18(31(41)42)45-30-26(35-20(3)38)32(44-16-22-12-8-5-9-13-22)47-24(17-43-15-21-10-6-4-7-11-21)29(30)48-33-25(34-19(2)37)28(40)27(39)23(14-36)46-33/h4-13,18,23-30,32-33,36,39-40H,14-17H2,1-3H3,(H,34,37)(H,35,38)(H,41,42)/t18-,23-,24-,25-,26-,27-,28-,29-,30-,32+,33+/m1/s1. The van der Waals surface area contributed by atoms with Crippen molar-refractivity contribution in [2.75, 3.05) is 13.2 Å². The Hall–Kier alpha value is -3.51. The molecule has 2 aliphatic rings. The van der Waals surface area contributed by atoms with Crippen LogP contribution in [0.2, 0.25) is 0 Å². The highest BCUT2D eigenvalue weighted by Gasteiger charge is 2.53. The number of aliphatic hydroxyl groups is 3. The third-order valence-corrected chi connectivity index (χ3v) is 7.92. The minimum absolute atomic E-state index is 0.0600. The lowest BCUT2D eigenvalue weighted by Gasteiger charge is -2.49. The molecule has 264 valence electrons. The molecular weight excluding hydrogens is 632 g/mol. The van der Waals surface area contributed by atoms with Crippen LogP contribution < -0.4 is 10.6 Å². The molecule has 2 aromatic rings. The van der Waals surface area contributed by atoms with Gasteiger partial charge in [0.1, 0.15) is 48.7 Å². The zero-order valence-electron chi connectivity index (χ0n) is 26.9. The molecule has 48 heavy (non-hydrogen) atoms. The summed E-state index contributed by atoms with van der Waals surface area (Å²) in [7, 11) is 0. The van der Waals surface area contributed by atoms with E-state index in [0.717, 1.165) is 11.1 Å². The number of aliphatic carboxylic acids is 1. The Morgan fingerprint density at radius 1 is 0.792 bits per heavy atom. The highest BCUT2D eigenvalue weighted by Crippen LogP contribution is 2.32. The molecule has 0 spiro atoms. The molecule has 15 heteroatoms. The van der Waals surface area contributed by atoms with Crippen LogP contribution in [0.3, 0.4) is 0 Å². The molecule has 0 aromatic heterocycles. The lowest BCUT2D eigenvalue weighted by Crippen LogP contribution is -2.70. The molecule has 2 aliphatic heterocycles. The summed E-state index contributed by atoms with van der Waals surface area (Å²) in [4.78, 5) is 36.7. The molecule has 4 rings (SSSR count). The van der Waals surface area contributed by atoms with Crippen molar-refractivity contribution in [1.82, 2.24) is 10.6 Å². The van der Waals surface area contributed by atoms with E-state index in [9.17, 15) is 34.8 Å². The summed E-state index contributed by atoms with van der Waals surface area (Å²) in [5.74, 6) is -2.38. The first kappa shape index (κ1) is 37.3. The molecule has 6 N–H and O–H groups in total. The number of benzene rings is 2. The van der Waals surface area contributed by atoms with Gasteiger partial charge in [0, 0.05) is 13.8 Å². The minimum Gasteiger partial charge on any atom is -0.479 e. The van der Waals surface area contributed by atoms with Gasteiger partial charge in [-0.1, -0.05) is 60.7 Å². The van der Waals surface area contributed by atoms with E-state index >= 15 is 0 Å². The topological polar surface area (TPSA) is 212 Å². The molecule has 2 heterocycles. The molecule has 2 amide bonds. The summed E-state index contributed by atoms with van der Waals surface area (Å²) in [5, 5.41) is 46.4. The predicted molar refractivity (Wildman–Crippen MR) is 166 cm³/mol. The zero-order chi connectivity index (χ0) is 34.8. The molecule has 0 bridgehead atoms. The SMILES string of the molecule is CC(=O)N[C@H]1[C@H](O[C@H]2[C@H](O[C@H](C)C(=O)O)[C@@H](NC(C)=O)[C@@H](OCc3ccccc3)O[C@@H]2COCc2ccccc2)O[C@H](CO)[C@@H](O)[C@@H]1O. The predicted octanol–water partition coefficient (Wildman–Crippen LogP) is -0.163. The van der Waals surface area contributed by atoms with E-state index in [1.807, 2.05) is 60.7 Å². The maximum atomic E-state index is 12.5. The first-order valence-corrected chi connectivity index (χ1v) is 15.6. The molecule has 0 unspecified atom stereocenters. The van der Waals surface area contributed by atoms with E-state index in [1.165, 1.54) is 20.8 Å². The van der Waals surface area contributed by atoms with Gasteiger partial charge in [-0.25, -0.2) is 4.79 Å². The average Bonchev–Trinajstić information content (AvgIpc) is 3.06. The lowest BCUT2D eigenvalue weighted by atomic mass is 9.94. The Labute approximate surface area is 278 Å². The molecule has 11 atom stereocenters. The van der Waals surface area contributed by atoms with Crippen molar-refractivity contribution in [3.63, 3.8) is 0 Å². The molecule has 0 aliphatic carbocycles. The third kappa shape index (κ3) is 10.0. The quantitative estimate of drug-likeness (QED) is 0.145. The Balaban J connectivity index is 1.72. The van der Waals surface area contributed by atoms with E-state index in [2.05, 4.69) is 10.6 Å². The molecule has 2 fully saturated rings. The van der Waals surface area contributed by atoms with Crippen LogP contribution in [-0.4, -0.2) is 119 Å². The van der Waals surface area contributed by atoms with Crippen LogP contribution in [0.5, 0.6) is 0 Å². The van der Waals surface area contributed by atoms with Gasteiger partial charge in [-0.05, 0) is 18.1 Å². The van der Waals surface area contributed by atoms with Crippen molar-refractivity contribution in [3.05, 3.63) is 71.8 Å². The Kier molecular flexibility index (Phi) is 13.8. The second kappa shape index (κ2) is 17.8. The number of hydrogen-bond acceptors (Lipinski definition) is 12. The number of carbonyl (C=O) groups is 3. The zero-order valence-corrected chi connectivity index (χ0v) is 26.9. The van der Waals surface area contributed by atoms with Crippen molar-refractivity contribution in [3.8, 4) is 0 Å². The van der Waals surface area contributed by atoms with Gasteiger partial charge >= 0.3 is 5.97 Å². The van der Waals surface area contributed by atoms with Gasteiger partial charge in [-0.2, -0.15) is 0 Å². The van der Waals surface area contributed by atoms with E-state index in [-0.39, 0.29) is 19.8 Å². The molecule has 2 aromatic carbocycles. The third-order valence-electron chi connectivity index (χ3n) is 7.92. The van der Waals surface area contributed by atoms with Crippen LogP contribution in [0, 0.1) is 0 Å². The van der Waals surface area contributed by atoms with Crippen LogP contribution in [0.4, 0.5) is 0 Å². The smallest absolute Gasteiger partial charge is 0.332 e. The van der Waals surface area contributed by atoms with E-state index in [4.69, 9.17) is 28.4 Å². The fraction of sp³-hybridized carbons (Fsp3) is 0.545. The number of amides is 2. The van der Waals surface area contributed by atoms with E-state index in [0.29, 0.717) is 0 Å². The molecule has 2 saturated heterocycles. The van der Waals surface area contributed by atoms with Crippen molar-refractivity contribution < 1.29 is 63.2 Å². The van der Waals surface area contributed by atoms with Crippen LogP contribution >= 0.6 is 0 Å². The van der Waals surface area contributed by atoms with E-state index < -0.39 is 91.8 Å². The van der Waals surface area contributed by atoms with Gasteiger partial charge in [-0.15, -0.1) is 0 Å². The number of ether oxygens (including phenoxy) is 6. The fourth-order valence-corrected chi connectivity index (χ4v) is 5.55. The first-order chi connectivity index (χ1) is 23.0. The minimum atomic E-state index is -1.63. The number of nitrogens with one attached hydrogen (secondary N) is 2. The van der Waals surface area contributed by atoms with Crippen molar-refractivity contribution >= 4 is 17.8 Å². The van der Waals surface area contributed by atoms with Crippen LogP contribution in [-0.2, 0) is 56.0 Å². The summed E-state index contributed by atoms with van der Waals surface area (Å²) in [6.07, 6.45) is -12.3. The van der Waals surface area contributed by atoms with E-state index in [1.54, 1.807) is 0 Å². The molecule has 15 nitrogen and oxygen atoms in total. The Morgan fingerprint density at radius 3 is 1.92 bits per heavy atom. The van der Waals surface area contributed by atoms with Gasteiger partial charge in [0.2, 0.25) is 11.8 Å². The summed E-state index contributed by atoms with van der Waals surface area (Å²) < 4.78 is 36.8. The van der Waals surface area contributed by atoms with Crippen molar-refractivity contribution in [2.45, 2.75) is 101 Å². The van der Waals surface area contributed by atoms with Crippen LogP contribution in [0.15, 0.2) is 60.7 Å². The molecular formula is C33H44N2O13. The van der Waals surface area contributed by atoms with Crippen molar-refractivity contribution in [1.29, 1.82) is 0 Å². The van der Waals surface area contributed by atoms with Gasteiger partial charge in [0.15, 0.2) is 18.7 Å². The van der Waals surface area contributed by atoms with Gasteiger partial charge in [-0.3, -0.25) is 9.59 Å². The van der Waals surface area contributed by atoms with Gasteiger partial charge < -0.3 is 59.5 Å². The molecule has 0 saturated carbocycles. The maximum absolute atomic E-state index is 12.5.